The van der Waals surface area contributed by atoms with Crippen LogP contribution in [0.2, 0.25) is 0 Å². The van der Waals surface area contributed by atoms with E-state index in [2.05, 4.69) is 50.4 Å². The van der Waals surface area contributed by atoms with E-state index in [1.165, 1.54) is 57.4 Å². The molecule has 2 heterocycles. The van der Waals surface area contributed by atoms with E-state index in [4.69, 9.17) is 0 Å². The van der Waals surface area contributed by atoms with Crippen molar-refractivity contribution in [1.82, 2.24) is 10.2 Å². The van der Waals surface area contributed by atoms with Crippen LogP contribution in [0.4, 0.5) is 5.69 Å². The van der Waals surface area contributed by atoms with Gasteiger partial charge in [0.15, 0.2) is 5.96 Å². The number of likely N-dealkylation sites (tertiary alicyclic amines) is 1. The molecule has 26 heavy (non-hydrogen) atoms. The Hall–Kier alpha value is -0.980. The summed E-state index contributed by atoms with van der Waals surface area (Å²) >= 11 is 0. The van der Waals surface area contributed by atoms with Gasteiger partial charge in [0.1, 0.15) is 0 Å². The Labute approximate surface area is 175 Å². The molecule has 1 aromatic carbocycles. The summed E-state index contributed by atoms with van der Waals surface area (Å²) in [6.07, 6.45) is 6.97. The van der Waals surface area contributed by atoms with Gasteiger partial charge in [0.05, 0.1) is 0 Å². The van der Waals surface area contributed by atoms with E-state index in [-0.39, 0.29) is 24.0 Å². The van der Waals surface area contributed by atoms with Crippen LogP contribution < -0.4 is 10.2 Å². The quantitative estimate of drug-likeness (QED) is 0.416. The van der Waals surface area contributed by atoms with Crippen LogP contribution in [0.15, 0.2) is 35.3 Å². The summed E-state index contributed by atoms with van der Waals surface area (Å²) in [4.78, 5) is 9.62. The molecule has 4 rings (SSSR count). The lowest BCUT2D eigenvalue weighted by molar-refractivity contribution is 0.299. The van der Waals surface area contributed by atoms with Crippen LogP contribution in [-0.2, 0) is 0 Å². The highest BCUT2D eigenvalue weighted by molar-refractivity contribution is 14.0. The lowest BCUT2D eigenvalue weighted by Crippen LogP contribution is -2.42. The monoisotopic (exact) mass is 468 g/mol. The molecule has 1 N–H and O–H groups in total. The highest BCUT2D eigenvalue weighted by atomic mass is 127. The van der Waals surface area contributed by atoms with E-state index in [0.717, 1.165) is 30.9 Å². The molecule has 3 aliphatic rings. The van der Waals surface area contributed by atoms with Crippen LogP contribution >= 0.6 is 24.0 Å². The second-order valence-electron chi connectivity index (χ2n) is 8.07. The fourth-order valence-electron chi connectivity index (χ4n) is 5.02. The molecule has 2 aliphatic heterocycles. The average Bonchev–Trinajstić information content (AvgIpc) is 3.30. The van der Waals surface area contributed by atoms with Crippen molar-refractivity contribution in [2.45, 2.75) is 32.1 Å². The number of benzene rings is 1. The van der Waals surface area contributed by atoms with E-state index in [0.29, 0.717) is 5.92 Å². The van der Waals surface area contributed by atoms with Crippen LogP contribution in [0.5, 0.6) is 0 Å². The van der Waals surface area contributed by atoms with Crippen LogP contribution in [0.3, 0.4) is 0 Å². The third kappa shape index (κ3) is 4.46. The highest BCUT2D eigenvalue weighted by Gasteiger charge is 2.35. The minimum atomic E-state index is 0. The number of hydrogen-bond donors (Lipinski definition) is 1. The van der Waals surface area contributed by atoms with Crippen molar-refractivity contribution in [2.75, 3.05) is 44.7 Å². The van der Waals surface area contributed by atoms with Gasteiger partial charge in [-0.1, -0.05) is 31.0 Å². The molecule has 0 aromatic heterocycles. The average molecular weight is 468 g/mol. The molecule has 5 heteroatoms. The zero-order valence-electron chi connectivity index (χ0n) is 15.9. The van der Waals surface area contributed by atoms with Crippen molar-refractivity contribution in [1.29, 1.82) is 0 Å². The Balaban J connectivity index is 0.00000196. The van der Waals surface area contributed by atoms with E-state index in [9.17, 15) is 0 Å². The van der Waals surface area contributed by atoms with Crippen LogP contribution in [0.1, 0.15) is 32.1 Å². The molecule has 3 atom stereocenters. The lowest BCUT2D eigenvalue weighted by atomic mass is 9.82. The molecule has 0 spiro atoms. The number of hydrogen-bond acceptors (Lipinski definition) is 2. The van der Waals surface area contributed by atoms with Crippen molar-refractivity contribution in [3.05, 3.63) is 30.3 Å². The van der Waals surface area contributed by atoms with Gasteiger partial charge in [-0.3, -0.25) is 4.99 Å². The second kappa shape index (κ2) is 9.29. The number of nitrogens with zero attached hydrogens (tertiary/aromatic N) is 3. The number of rotatable bonds is 3. The number of para-hydroxylation sites is 1. The molecule has 1 saturated carbocycles. The molecule has 1 aromatic rings. The number of halogens is 1. The van der Waals surface area contributed by atoms with E-state index in [1.807, 2.05) is 7.05 Å². The summed E-state index contributed by atoms with van der Waals surface area (Å²) in [5.41, 5.74) is 1.36. The standard InChI is InChI=1S/C21H32N4.HI/c1-22-21(25-15-18-7-5-6-8-19(18)16-25)23-13-17-11-12-24(14-17)20-9-3-2-4-10-20;/h2-4,9-10,17-19H,5-8,11-16H2,1H3,(H,22,23);1H. The minimum Gasteiger partial charge on any atom is -0.371 e. The summed E-state index contributed by atoms with van der Waals surface area (Å²) in [7, 11) is 1.94. The van der Waals surface area contributed by atoms with E-state index >= 15 is 0 Å². The fraction of sp³-hybridized carbons (Fsp3) is 0.667. The van der Waals surface area contributed by atoms with Crippen molar-refractivity contribution in [2.24, 2.45) is 22.7 Å². The molecule has 0 bridgehead atoms. The van der Waals surface area contributed by atoms with Crippen molar-refractivity contribution in [3.8, 4) is 0 Å². The molecule has 0 radical (unpaired) electrons. The molecule has 3 unspecified atom stereocenters. The Bertz CT molecular complexity index is 577. The summed E-state index contributed by atoms with van der Waals surface area (Å²) in [5.74, 6) is 3.66. The molecule has 2 saturated heterocycles. The number of nitrogens with one attached hydrogen (secondary N) is 1. The van der Waals surface area contributed by atoms with Gasteiger partial charge in [-0.05, 0) is 49.1 Å². The van der Waals surface area contributed by atoms with Gasteiger partial charge < -0.3 is 15.1 Å². The maximum Gasteiger partial charge on any atom is 0.193 e. The molecular weight excluding hydrogens is 435 g/mol. The molecule has 4 nitrogen and oxygen atoms in total. The third-order valence-corrected chi connectivity index (χ3v) is 6.44. The molecule has 0 amide bonds. The van der Waals surface area contributed by atoms with E-state index in [1.54, 1.807) is 0 Å². The second-order valence-corrected chi connectivity index (χ2v) is 8.07. The zero-order valence-corrected chi connectivity index (χ0v) is 18.3. The van der Waals surface area contributed by atoms with Gasteiger partial charge in [0.2, 0.25) is 0 Å². The smallest absolute Gasteiger partial charge is 0.193 e. The fourth-order valence-corrected chi connectivity index (χ4v) is 5.02. The highest BCUT2D eigenvalue weighted by Crippen LogP contribution is 2.36. The summed E-state index contributed by atoms with van der Waals surface area (Å²) < 4.78 is 0. The number of fused-ring (bicyclic) bond motifs is 1. The van der Waals surface area contributed by atoms with Crippen LogP contribution in [0, 0.1) is 17.8 Å². The lowest BCUT2D eigenvalue weighted by Gasteiger charge is -2.23. The first kappa shape index (κ1) is 19.8. The van der Waals surface area contributed by atoms with Gasteiger partial charge in [0, 0.05) is 45.5 Å². The first-order chi connectivity index (χ1) is 12.3. The first-order valence-corrected chi connectivity index (χ1v) is 10.1. The van der Waals surface area contributed by atoms with Gasteiger partial charge in [-0.25, -0.2) is 0 Å². The van der Waals surface area contributed by atoms with Crippen LogP contribution in [0.25, 0.3) is 0 Å². The predicted octanol–water partition coefficient (Wildman–Crippen LogP) is 3.83. The summed E-state index contributed by atoms with van der Waals surface area (Å²) in [5, 5.41) is 3.68. The summed E-state index contributed by atoms with van der Waals surface area (Å²) in [6, 6.07) is 10.8. The molecule has 144 valence electrons. The Kier molecular flexibility index (Phi) is 7.06. The Morgan fingerprint density at radius 3 is 2.38 bits per heavy atom. The normalized spacial score (nSPS) is 28.7. The number of anilines is 1. The molecule has 1 aliphatic carbocycles. The maximum atomic E-state index is 4.58. The van der Waals surface area contributed by atoms with Crippen molar-refractivity contribution in [3.63, 3.8) is 0 Å². The number of guanidine groups is 1. The molecular formula is C21H33IN4. The maximum absolute atomic E-state index is 4.58. The van der Waals surface area contributed by atoms with Gasteiger partial charge in [0.25, 0.3) is 0 Å². The Morgan fingerprint density at radius 1 is 1.04 bits per heavy atom. The van der Waals surface area contributed by atoms with Gasteiger partial charge >= 0.3 is 0 Å². The first-order valence-electron chi connectivity index (χ1n) is 10.1. The predicted molar refractivity (Wildman–Crippen MR) is 121 cm³/mol. The third-order valence-electron chi connectivity index (χ3n) is 6.44. The largest absolute Gasteiger partial charge is 0.371 e. The van der Waals surface area contributed by atoms with Crippen molar-refractivity contribution >= 4 is 35.6 Å². The van der Waals surface area contributed by atoms with Crippen molar-refractivity contribution < 1.29 is 0 Å². The SMILES string of the molecule is CN=C(NCC1CCN(c2ccccc2)C1)N1CC2CCCCC2C1.I. The Morgan fingerprint density at radius 2 is 1.73 bits per heavy atom. The van der Waals surface area contributed by atoms with Gasteiger partial charge in [-0.2, -0.15) is 0 Å². The van der Waals surface area contributed by atoms with E-state index < -0.39 is 0 Å². The molecule has 3 fully saturated rings. The summed E-state index contributed by atoms with van der Waals surface area (Å²) in [6.45, 7) is 5.79. The zero-order chi connectivity index (χ0) is 17.1. The number of aliphatic imine (C=N–C) groups is 1. The van der Waals surface area contributed by atoms with Crippen LogP contribution in [-0.4, -0.2) is 50.6 Å². The topological polar surface area (TPSA) is 30.9 Å². The minimum absolute atomic E-state index is 0. The van der Waals surface area contributed by atoms with Gasteiger partial charge in [-0.15, -0.1) is 24.0 Å².